The van der Waals surface area contributed by atoms with E-state index in [1.165, 1.54) is 76.2 Å². The topological polar surface area (TPSA) is 9.23 Å². The van der Waals surface area contributed by atoms with E-state index in [2.05, 4.69) is 38.6 Å². The molecule has 1 heteroatoms. The van der Waals surface area contributed by atoms with E-state index in [9.17, 15) is 0 Å². The lowest BCUT2D eigenvalue weighted by molar-refractivity contribution is 0.156. The summed E-state index contributed by atoms with van der Waals surface area (Å²) in [6.07, 6.45) is 18.7. The van der Waals surface area contributed by atoms with E-state index in [0.29, 0.717) is 6.61 Å². The van der Waals surface area contributed by atoms with Crippen LogP contribution in [-0.4, -0.2) is 6.61 Å². The van der Waals surface area contributed by atoms with Crippen molar-refractivity contribution in [2.75, 3.05) is 6.61 Å². The lowest BCUT2D eigenvalue weighted by Crippen LogP contribution is -2.25. The maximum atomic E-state index is 5.89. The predicted octanol–water partition coefficient (Wildman–Crippen LogP) is 8.08. The molecule has 0 amide bonds. The summed E-state index contributed by atoms with van der Waals surface area (Å²) in [6.45, 7) is 8.97. The van der Waals surface area contributed by atoms with Gasteiger partial charge >= 0.3 is 0 Å². The smallest absolute Gasteiger partial charge is 0.122 e. The van der Waals surface area contributed by atoms with Crippen LogP contribution in [0.1, 0.15) is 102 Å². The molecule has 0 atom stereocenters. The molecule has 0 unspecified atom stereocenters. The molecule has 0 heterocycles. The molecule has 1 nitrogen and oxygen atoms in total. The van der Waals surface area contributed by atoms with Crippen molar-refractivity contribution in [1.29, 1.82) is 0 Å². The Morgan fingerprint density at radius 2 is 1.61 bits per heavy atom. The molecular weight excluding hydrogens is 340 g/mol. The standard InChI is InChI=1S/C27H42O/c1-4-7-21-9-11-22(12-10-21)23-13-15-24(16-14-23)25-17-18-27(28-19-6-3)26(20-25)8-5-2/h6,17-18,20-24H,3-5,7-16,19H2,1-2H3. The summed E-state index contributed by atoms with van der Waals surface area (Å²) < 4.78 is 5.89. The Hall–Kier alpha value is -1.24. The molecule has 2 saturated carbocycles. The van der Waals surface area contributed by atoms with Crippen molar-refractivity contribution in [2.24, 2.45) is 17.8 Å². The van der Waals surface area contributed by atoms with Crippen LogP contribution >= 0.6 is 0 Å². The van der Waals surface area contributed by atoms with E-state index < -0.39 is 0 Å². The molecule has 2 aliphatic carbocycles. The molecular formula is C27H42O. The minimum Gasteiger partial charge on any atom is -0.489 e. The second-order valence-electron chi connectivity index (χ2n) is 9.40. The number of aryl methyl sites for hydroxylation is 1. The van der Waals surface area contributed by atoms with Gasteiger partial charge in [0.25, 0.3) is 0 Å². The Labute approximate surface area is 174 Å². The third-order valence-electron chi connectivity index (χ3n) is 7.46. The first-order valence-electron chi connectivity index (χ1n) is 12.1. The molecule has 0 spiro atoms. The summed E-state index contributed by atoms with van der Waals surface area (Å²) in [5.41, 5.74) is 2.94. The highest BCUT2D eigenvalue weighted by Gasteiger charge is 2.31. The van der Waals surface area contributed by atoms with Gasteiger partial charge in [0.05, 0.1) is 0 Å². The zero-order valence-electron chi connectivity index (χ0n) is 18.4. The van der Waals surface area contributed by atoms with Gasteiger partial charge in [0.1, 0.15) is 12.4 Å². The van der Waals surface area contributed by atoms with E-state index in [4.69, 9.17) is 4.74 Å². The molecule has 0 N–H and O–H groups in total. The van der Waals surface area contributed by atoms with Crippen molar-refractivity contribution in [3.8, 4) is 5.75 Å². The van der Waals surface area contributed by atoms with Gasteiger partial charge in [0.2, 0.25) is 0 Å². The summed E-state index contributed by atoms with van der Waals surface area (Å²) in [4.78, 5) is 0. The normalized spacial score (nSPS) is 28.1. The van der Waals surface area contributed by atoms with Crippen LogP contribution in [0, 0.1) is 17.8 Å². The van der Waals surface area contributed by atoms with Crippen LogP contribution in [0.3, 0.4) is 0 Å². The zero-order valence-corrected chi connectivity index (χ0v) is 18.4. The largest absolute Gasteiger partial charge is 0.489 e. The van der Waals surface area contributed by atoms with Crippen LogP contribution in [-0.2, 0) is 6.42 Å². The van der Waals surface area contributed by atoms with Crippen molar-refractivity contribution in [3.05, 3.63) is 42.0 Å². The van der Waals surface area contributed by atoms with E-state index >= 15 is 0 Å². The first kappa shape index (κ1) is 21.5. The summed E-state index contributed by atoms with van der Waals surface area (Å²) in [5, 5.41) is 0. The minimum absolute atomic E-state index is 0.599. The maximum Gasteiger partial charge on any atom is 0.122 e. The highest BCUT2D eigenvalue weighted by atomic mass is 16.5. The number of hydrogen-bond acceptors (Lipinski definition) is 1. The Bertz CT molecular complexity index is 588. The zero-order chi connectivity index (χ0) is 19.8. The maximum absolute atomic E-state index is 5.89. The van der Waals surface area contributed by atoms with Crippen LogP contribution in [0.15, 0.2) is 30.9 Å². The minimum atomic E-state index is 0.599. The van der Waals surface area contributed by atoms with Gasteiger partial charge in [-0.05, 0) is 85.8 Å². The SMILES string of the molecule is C=CCOc1ccc(C2CCC(C3CCC(CCC)CC3)CC2)cc1CCC. The van der Waals surface area contributed by atoms with Gasteiger partial charge in [-0.15, -0.1) is 0 Å². The monoisotopic (exact) mass is 382 g/mol. The highest BCUT2D eigenvalue weighted by Crippen LogP contribution is 2.44. The van der Waals surface area contributed by atoms with Crippen molar-refractivity contribution >= 4 is 0 Å². The molecule has 1 aromatic rings. The van der Waals surface area contributed by atoms with Crippen LogP contribution in [0.4, 0.5) is 0 Å². The molecule has 0 radical (unpaired) electrons. The predicted molar refractivity (Wildman–Crippen MR) is 121 cm³/mol. The van der Waals surface area contributed by atoms with Crippen LogP contribution in [0.2, 0.25) is 0 Å². The van der Waals surface area contributed by atoms with E-state index in [-0.39, 0.29) is 0 Å². The lowest BCUT2D eigenvalue weighted by atomic mass is 9.68. The van der Waals surface area contributed by atoms with Crippen molar-refractivity contribution in [3.63, 3.8) is 0 Å². The third-order valence-corrected chi connectivity index (χ3v) is 7.46. The Morgan fingerprint density at radius 1 is 0.929 bits per heavy atom. The first-order valence-corrected chi connectivity index (χ1v) is 12.1. The molecule has 2 aliphatic rings. The highest BCUT2D eigenvalue weighted by molar-refractivity contribution is 5.39. The summed E-state index contributed by atoms with van der Waals surface area (Å²) in [7, 11) is 0. The summed E-state index contributed by atoms with van der Waals surface area (Å²) >= 11 is 0. The molecule has 2 fully saturated rings. The third kappa shape index (κ3) is 5.65. The molecule has 156 valence electrons. The van der Waals surface area contributed by atoms with Gasteiger partial charge in [0.15, 0.2) is 0 Å². The van der Waals surface area contributed by atoms with E-state index in [1.807, 2.05) is 6.08 Å². The Balaban J connectivity index is 1.54. The molecule has 1 aromatic carbocycles. The van der Waals surface area contributed by atoms with E-state index in [0.717, 1.165) is 35.8 Å². The van der Waals surface area contributed by atoms with E-state index in [1.54, 1.807) is 5.56 Å². The average molecular weight is 383 g/mol. The van der Waals surface area contributed by atoms with Crippen molar-refractivity contribution in [1.82, 2.24) is 0 Å². The fourth-order valence-corrected chi connectivity index (χ4v) is 5.89. The second kappa shape index (κ2) is 11.1. The van der Waals surface area contributed by atoms with Crippen molar-refractivity contribution in [2.45, 2.75) is 96.8 Å². The molecule has 3 rings (SSSR count). The molecule has 0 saturated heterocycles. The fraction of sp³-hybridized carbons (Fsp3) is 0.704. The van der Waals surface area contributed by atoms with Gasteiger partial charge < -0.3 is 4.74 Å². The van der Waals surface area contributed by atoms with Gasteiger partial charge in [-0.3, -0.25) is 0 Å². The molecule has 0 aliphatic heterocycles. The summed E-state index contributed by atoms with van der Waals surface area (Å²) in [5.74, 6) is 4.89. The van der Waals surface area contributed by atoms with Crippen LogP contribution < -0.4 is 4.74 Å². The lowest BCUT2D eigenvalue weighted by Gasteiger charge is -2.38. The second-order valence-corrected chi connectivity index (χ2v) is 9.40. The van der Waals surface area contributed by atoms with Gasteiger partial charge in [-0.1, -0.05) is 70.7 Å². The number of benzene rings is 1. The number of hydrogen-bond donors (Lipinski definition) is 0. The molecule has 28 heavy (non-hydrogen) atoms. The van der Waals surface area contributed by atoms with Gasteiger partial charge in [-0.25, -0.2) is 0 Å². The summed E-state index contributed by atoms with van der Waals surface area (Å²) in [6, 6.07) is 6.99. The van der Waals surface area contributed by atoms with Gasteiger partial charge in [-0.2, -0.15) is 0 Å². The average Bonchev–Trinajstić information content (AvgIpc) is 2.74. The Morgan fingerprint density at radius 3 is 2.21 bits per heavy atom. The van der Waals surface area contributed by atoms with Crippen LogP contribution in [0.25, 0.3) is 0 Å². The number of ether oxygens (including phenoxy) is 1. The molecule has 0 bridgehead atoms. The Kier molecular flexibility index (Phi) is 8.49. The molecule has 0 aromatic heterocycles. The van der Waals surface area contributed by atoms with Gasteiger partial charge in [0, 0.05) is 0 Å². The quantitative estimate of drug-likeness (QED) is 0.392. The number of rotatable bonds is 9. The first-order chi connectivity index (χ1) is 13.7. The fourth-order valence-electron chi connectivity index (χ4n) is 5.89. The van der Waals surface area contributed by atoms with Crippen molar-refractivity contribution < 1.29 is 4.74 Å². The van der Waals surface area contributed by atoms with Crippen LogP contribution in [0.5, 0.6) is 5.75 Å².